The number of aromatic nitrogens is 2. The Kier molecular flexibility index (Phi) is 11.8. The van der Waals surface area contributed by atoms with Crippen LogP contribution in [0.15, 0.2) is 23.7 Å². The van der Waals surface area contributed by atoms with Crippen LogP contribution >= 0.6 is 24.0 Å². The molecule has 2 rings (SSSR count). The van der Waals surface area contributed by atoms with Crippen LogP contribution in [0.3, 0.4) is 0 Å². The van der Waals surface area contributed by atoms with Gasteiger partial charge in [0.1, 0.15) is 0 Å². The second-order valence-electron chi connectivity index (χ2n) is 6.06. The molecule has 1 saturated heterocycles. The number of ether oxygens (including phenoxy) is 2. The molecule has 1 atom stereocenters. The van der Waals surface area contributed by atoms with Gasteiger partial charge in [-0.05, 0) is 19.8 Å². The van der Waals surface area contributed by atoms with Crippen molar-refractivity contribution in [2.75, 3.05) is 53.1 Å². The minimum absolute atomic E-state index is 0. The predicted molar refractivity (Wildman–Crippen MR) is 111 cm³/mol. The Morgan fingerprint density at radius 3 is 3.00 bits per heavy atom. The van der Waals surface area contributed by atoms with Crippen molar-refractivity contribution in [2.24, 2.45) is 10.9 Å². The highest BCUT2D eigenvalue weighted by Gasteiger charge is 2.24. The lowest BCUT2D eigenvalue weighted by Gasteiger charge is -2.21. The summed E-state index contributed by atoms with van der Waals surface area (Å²) < 4.78 is 12.8. The summed E-state index contributed by atoms with van der Waals surface area (Å²) in [6.45, 7) is 9.00. The van der Waals surface area contributed by atoms with Crippen LogP contribution < -0.4 is 5.32 Å². The summed E-state index contributed by atoms with van der Waals surface area (Å²) >= 11 is 0. The van der Waals surface area contributed by atoms with E-state index in [1.54, 1.807) is 7.11 Å². The number of aryl methyl sites for hydroxylation is 1. The first-order chi connectivity index (χ1) is 11.8. The highest BCUT2D eigenvalue weighted by Crippen LogP contribution is 2.16. The molecule has 0 aliphatic carbocycles. The molecule has 7 nitrogen and oxygen atoms in total. The number of likely N-dealkylation sites (tertiary alicyclic amines) is 1. The van der Waals surface area contributed by atoms with Crippen molar-refractivity contribution in [1.82, 2.24) is 19.8 Å². The smallest absolute Gasteiger partial charge is 0.193 e. The zero-order valence-electron chi connectivity index (χ0n) is 15.4. The number of imidazole rings is 1. The molecule has 1 aromatic heterocycles. The fourth-order valence-electron chi connectivity index (χ4n) is 2.84. The van der Waals surface area contributed by atoms with Crippen LogP contribution in [0, 0.1) is 5.92 Å². The molecule has 25 heavy (non-hydrogen) atoms. The molecule has 1 unspecified atom stereocenters. The van der Waals surface area contributed by atoms with E-state index >= 15 is 0 Å². The Hall–Kier alpha value is -0.870. The van der Waals surface area contributed by atoms with Crippen molar-refractivity contribution >= 4 is 29.9 Å². The molecule has 0 saturated carbocycles. The monoisotopic (exact) mass is 465 g/mol. The molecule has 1 aromatic rings. The quantitative estimate of drug-likeness (QED) is 0.247. The Bertz CT molecular complexity index is 470. The summed E-state index contributed by atoms with van der Waals surface area (Å²) in [4.78, 5) is 11.2. The number of hydrogen-bond acceptors (Lipinski definition) is 4. The summed E-state index contributed by atoms with van der Waals surface area (Å²) in [7, 11) is 1.70. The first-order valence-electron chi connectivity index (χ1n) is 8.89. The van der Waals surface area contributed by atoms with E-state index in [-0.39, 0.29) is 24.0 Å². The fraction of sp³-hybridized carbons (Fsp3) is 0.765. The van der Waals surface area contributed by atoms with Crippen molar-refractivity contribution in [3.63, 3.8) is 0 Å². The lowest BCUT2D eigenvalue weighted by atomic mass is 10.1. The van der Waals surface area contributed by atoms with Gasteiger partial charge in [-0.3, -0.25) is 4.99 Å². The third-order valence-corrected chi connectivity index (χ3v) is 4.10. The van der Waals surface area contributed by atoms with Crippen molar-refractivity contribution in [1.29, 1.82) is 0 Å². The highest BCUT2D eigenvalue weighted by atomic mass is 127. The number of nitrogens with zero attached hydrogens (tertiary/aromatic N) is 4. The van der Waals surface area contributed by atoms with E-state index in [9.17, 15) is 0 Å². The van der Waals surface area contributed by atoms with Gasteiger partial charge in [-0.1, -0.05) is 0 Å². The lowest BCUT2D eigenvalue weighted by Crippen LogP contribution is -2.40. The summed E-state index contributed by atoms with van der Waals surface area (Å²) in [5.41, 5.74) is 0. The first-order valence-corrected chi connectivity index (χ1v) is 8.89. The maximum atomic E-state index is 5.67. The van der Waals surface area contributed by atoms with Gasteiger partial charge in [0.15, 0.2) is 5.96 Å². The second kappa shape index (κ2) is 13.3. The number of aliphatic imine (C=N–C) groups is 1. The van der Waals surface area contributed by atoms with Crippen LogP contribution in [0.2, 0.25) is 0 Å². The van der Waals surface area contributed by atoms with E-state index in [1.165, 1.54) is 0 Å². The van der Waals surface area contributed by atoms with Gasteiger partial charge in [-0.15, -0.1) is 24.0 Å². The Balaban J connectivity index is 0.00000312. The van der Waals surface area contributed by atoms with Crippen LogP contribution in [-0.4, -0.2) is 73.5 Å². The topological polar surface area (TPSA) is 63.9 Å². The van der Waals surface area contributed by atoms with Gasteiger partial charge in [0.2, 0.25) is 0 Å². The van der Waals surface area contributed by atoms with Gasteiger partial charge < -0.3 is 24.3 Å². The van der Waals surface area contributed by atoms with Crippen LogP contribution in [-0.2, 0) is 16.0 Å². The van der Waals surface area contributed by atoms with Gasteiger partial charge in [0, 0.05) is 58.1 Å². The molecular formula is C17H32IN5O2. The number of halogens is 1. The van der Waals surface area contributed by atoms with Crippen LogP contribution in [0.25, 0.3) is 0 Å². The minimum atomic E-state index is 0. The number of rotatable bonds is 10. The lowest BCUT2D eigenvalue weighted by molar-refractivity contribution is 0.0536. The number of guanidine groups is 1. The summed E-state index contributed by atoms with van der Waals surface area (Å²) in [6.07, 6.45) is 7.83. The first kappa shape index (κ1) is 22.2. The molecule has 2 heterocycles. The van der Waals surface area contributed by atoms with Gasteiger partial charge in [0.25, 0.3) is 0 Å². The highest BCUT2D eigenvalue weighted by molar-refractivity contribution is 14.0. The maximum Gasteiger partial charge on any atom is 0.193 e. The zero-order valence-corrected chi connectivity index (χ0v) is 17.7. The van der Waals surface area contributed by atoms with Gasteiger partial charge >= 0.3 is 0 Å². The predicted octanol–water partition coefficient (Wildman–Crippen LogP) is 1.84. The molecule has 144 valence electrons. The Labute approximate surface area is 168 Å². The Morgan fingerprint density at radius 2 is 2.28 bits per heavy atom. The molecule has 0 spiro atoms. The van der Waals surface area contributed by atoms with Crippen molar-refractivity contribution < 1.29 is 9.47 Å². The molecule has 0 radical (unpaired) electrons. The fourth-order valence-corrected chi connectivity index (χ4v) is 2.84. The van der Waals surface area contributed by atoms with E-state index in [1.807, 2.05) is 18.7 Å². The summed E-state index contributed by atoms with van der Waals surface area (Å²) in [5, 5.41) is 3.41. The number of nitrogens with one attached hydrogen (secondary N) is 1. The average Bonchev–Trinajstić information content (AvgIpc) is 3.26. The van der Waals surface area contributed by atoms with E-state index in [0.717, 1.165) is 58.1 Å². The van der Waals surface area contributed by atoms with Crippen LogP contribution in [0.5, 0.6) is 0 Å². The number of hydrogen-bond donors (Lipinski definition) is 1. The molecule has 0 aromatic carbocycles. The normalized spacial score (nSPS) is 17.6. The molecule has 0 amide bonds. The minimum Gasteiger partial charge on any atom is -0.382 e. The number of methoxy groups -OCH3 is 1. The molecular weight excluding hydrogens is 433 g/mol. The largest absolute Gasteiger partial charge is 0.382 e. The van der Waals surface area contributed by atoms with Crippen molar-refractivity contribution in [2.45, 2.75) is 26.3 Å². The van der Waals surface area contributed by atoms with E-state index < -0.39 is 0 Å². The maximum absolute atomic E-state index is 5.67. The van der Waals surface area contributed by atoms with Gasteiger partial charge in [-0.25, -0.2) is 4.98 Å². The molecule has 1 aliphatic heterocycles. The van der Waals surface area contributed by atoms with Crippen LogP contribution in [0.1, 0.15) is 19.8 Å². The van der Waals surface area contributed by atoms with Gasteiger partial charge in [-0.2, -0.15) is 0 Å². The summed E-state index contributed by atoms with van der Waals surface area (Å²) in [6, 6.07) is 0. The van der Waals surface area contributed by atoms with Crippen molar-refractivity contribution in [3.8, 4) is 0 Å². The third-order valence-electron chi connectivity index (χ3n) is 4.10. The molecule has 0 bridgehead atoms. The summed E-state index contributed by atoms with van der Waals surface area (Å²) in [5.74, 6) is 1.61. The molecule has 1 N–H and O–H groups in total. The van der Waals surface area contributed by atoms with Gasteiger partial charge in [0.05, 0.1) is 26.1 Å². The second-order valence-corrected chi connectivity index (χ2v) is 6.06. The molecule has 1 aliphatic rings. The molecule has 1 fully saturated rings. The van der Waals surface area contributed by atoms with E-state index in [2.05, 4.69) is 26.7 Å². The zero-order chi connectivity index (χ0) is 17.0. The van der Waals surface area contributed by atoms with E-state index in [4.69, 9.17) is 14.5 Å². The average molecular weight is 465 g/mol. The SMILES string of the molecule is CCNC(=NCCCn1ccnc1)N1CCC(COCCOC)C1.I. The third kappa shape index (κ3) is 8.37. The van der Waals surface area contributed by atoms with Crippen LogP contribution in [0.4, 0.5) is 0 Å². The molecule has 8 heteroatoms. The Morgan fingerprint density at radius 1 is 1.40 bits per heavy atom. The standard InChI is InChI=1S/C17H31N5O2.HI/c1-3-19-17(20-6-4-8-21-10-7-18-15-21)22-9-5-16(13-22)14-24-12-11-23-2;/h7,10,15-16H,3-6,8-9,11-14H2,1-2H3,(H,19,20);1H. The van der Waals surface area contributed by atoms with Crippen molar-refractivity contribution in [3.05, 3.63) is 18.7 Å². The van der Waals surface area contributed by atoms with E-state index in [0.29, 0.717) is 19.1 Å².